The van der Waals surface area contributed by atoms with E-state index in [0.29, 0.717) is 60.4 Å². The summed E-state index contributed by atoms with van der Waals surface area (Å²) in [6, 6.07) is 13.3. The molecule has 2 aliphatic rings. The lowest BCUT2D eigenvalue weighted by Crippen LogP contribution is -2.47. The van der Waals surface area contributed by atoms with Crippen molar-refractivity contribution in [2.45, 2.75) is 38.3 Å². The van der Waals surface area contributed by atoms with E-state index in [1.165, 1.54) is 36.4 Å². The highest BCUT2D eigenvalue weighted by atomic mass is 35.5. The van der Waals surface area contributed by atoms with E-state index in [9.17, 15) is 27.5 Å². The fraction of sp³-hybridized carbons (Fsp3) is 0.344. The van der Waals surface area contributed by atoms with Gasteiger partial charge in [-0.2, -0.15) is 13.2 Å². The predicted octanol–water partition coefficient (Wildman–Crippen LogP) is 8.75. The smallest absolute Gasteiger partial charge is 0.418 e. The maximum Gasteiger partial charge on any atom is 0.418 e. The van der Waals surface area contributed by atoms with Crippen molar-refractivity contribution in [1.29, 1.82) is 0 Å². The van der Waals surface area contributed by atoms with E-state index in [1.807, 2.05) is 0 Å². The van der Waals surface area contributed by atoms with Gasteiger partial charge in [-0.1, -0.05) is 41.9 Å². The van der Waals surface area contributed by atoms with Gasteiger partial charge in [0.05, 0.1) is 22.8 Å². The van der Waals surface area contributed by atoms with Crippen molar-refractivity contribution >= 4 is 41.1 Å². The number of nitrogens with zero attached hydrogens (tertiary/aromatic N) is 1. The van der Waals surface area contributed by atoms with Gasteiger partial charge in [-0.25, -0.2) is 9.18 Å². The lowest BCUT2D eigenvalue weighted by molar-refractivity contribution is -0.137. The zero-order valence-corrected chi connectivity index (χ0v) is 24.2. The van der Waals surface area contributed by atoms with Gasteiger partial charge >= 0.3 is 12.1 Å². The number of aryl methyl sites for hydroxylation is 1. The summed E-state index contributed by atoms with van der Waals surface area (Å²) in [5.41, 5.74) is 1.67. The summed E-state index contributed by atoms with van der Waals surface area (Å²) in [4.78, 5) is 13.8. The molecule has 3 aromatic rings. The van der Waals surface area contributed by atoms with Crippen LogP contribution < -0.4 is 0 Å². The molecule has 0 bridgehead atoms. The van der Waals surface area contributed by atoms with E-state index in [-0.39, 0.29) is 42.2 Å². The second-order valence-electron chi connectivity index (χ2n) is 10.7. The first-order valence-corrected chi connectivity index (χ1v) is 14.0. The van der Waals surface area contributed by atoms with Crippen molar-refractivity contribution in [3.05, 3.63) is 104 Å². The molecule has 0 aromatic heterocycles. The molecule has 0 spiro atoms. The number of carbonyl (C=O) groups is 1. The van der Waals surface area contributed by atoms with Crippen molar-refractivity contribution in [2.75, 3.05) is 26.3 Å². The summed E-state index contributed by atoms with van der Waals surface area (Å²) in [5.74, 6) is -1.36. The highest BCUT2D eigenvalue weighted by Crippen LogP contribution is 2.46. The van der Waals surface area contributed by atoms with E-state index in [1.54, 1.807) is 18.2 Å². The largest absolute Gasteiger partial charge is 0.478 e. The van der Waals surface area contributed by atoms with Crippen molar-refractivity contribution in [3.8, 4) is 0 Å². The summed E-state index contributed by atoms with van der Waals surface area (Å²) >= 11 is 6.08. The van der Waals surface area contributed by atoms with E-state index in [0.717, 1.165) is 18.7 Å². The average molecular weight is 626 g/mol. The SMILES string of the molecule is Cl.O=C(O)c1ccc2c(c1)CCCC(c1cccc(Cl)c1C(F)(F)F)=C2c1ccc(CC2CN(CCCF)C2)cc1F. The Morgan fingerprint density at radius 2 is 1.74 bits per heavy atom. The minimum absolute atomic E-state index is 0. The molecule has 1 saturated heterocycles. The van der Waals surface area contributed by atoms with Gasteiger partial charge in [0.1, 0.15) is 5.82 Å². The number of halogens is 7. The van der Waals surface area contributed by atoms with E-state index >= 15 is 4.39 Å². The number of allylic oxidation sites excluding steroid dienone is 1. The first-order chi connectivity index (χ1) is 19.6. The topological polar surface area (TPSA) is 40.5 Å². The van der Waals surface area contributed by atoms with Crippen LogP contribution in [-0.2, 0) is 19.0 Å². The number of hydrogen-bond acceptors (Lipinski definition) is 2. The quantitative estimate of drug-likeness (QED) is 0.254. The lowest BCUT2D eigenvalue weighted by atomic mass is 9.84. The summed E-state index contributed by atoms with van der Waals surface area (Å²) in [6.45, 7) is 1.97. The third kappa shape index (κ3) is 6.66. The molecule has 10 heteroatoms. The Morgan fingerprint density at radius 1 is 1.00 bits per heavy atom. The van der Waals surface area contributed by atoms with Crippen LogP contribution >= 0.6 is 24.0 Å². The Bertz CT molecular complexity index is 1500. The van der Waals surface area contributed by atoms with Crippen molar-refractivity contribution in [1.82, 2.24) is 4.90 Å². The molecular weight excluding hydrogens is 596 g/mol. The first-order valence-electron chi connectivity index (χ1n) is 13.6. The monoisotopic (exact) mass is 625 g/mol. The Hall–Kier alpha value is -2.94. The third-order valence-corrected chi connectivity index (χ3v) is 8.20. The second kappa shape index (κ2) is 13.1. The standard InChI is InChI=1S/C32H29ClF5NO2.ClH/c33-27-7-2-6-25(30(27)32(36,37)38)24-5-1-4-21-16-22(31(40)41)9-11-23(21)29(24)26-10-8-19(15-28(26)35)14-20-17-39(18-20)13-3-12-34;/h2,6-11,15-16,20H,1,3-5,12-14,17-18H2,(H,40,41);1H. The van der Waals surface area contributed by atoms with E-state index in [4.69, 9.17) is 11.6 Å². The maximum atomic E-state index is 16.0. The van der Waals surface area contributed by atoms with Gasteiger partial charge in [0, 0.05) is 25.2 Å². The molecule has 3 aromatic carbocycles. The number of hydrogen-bond donors (Lipinski definition) is 1. The molecule has 42 heavy (non-hydrogen) atoms. The number of likely N-dealkylation sites (tertiary alicyclic amines) is 1. The number of carboxylic acid groups (broad SMARTS) is 1. The van der Waals surface area contributed by atoms with Gasteiger partial charge in [-0.05, 0) is 95.7 Å². The summed E-state index contributed by atoms with van der Waals surface area (Å²) in [7, 11) is 0. The van der Waals surface area contributed by atoms with Gasteiger partial charge in [0.2, 0.25) is 0 Å². The summed E-state index contributed by atoms with van der Waals surface area (Å²) in [5, 5.41) is 9.08. The molecule has 1 aliphatic carbocycles. The van der Waals surface area contributed by atoms with Gasteiger partial charge in [0.15, 0.2) is 0 Å². The molecule has 1 N–H and O–H groups in total. The minimum atomic E-state index is -4.74. The van der Waals surface area contributed by atoms with Crippen LogP contribution in [0.5, 0.6) is 0 Å². The molecule has 1 heterocycles. The molecule has 0 atom stereocenters. The van der Waals surface area contributed by atoms with Crippen LogP contribution in [-0.4, -0.2) is 42.3 Å². The summed E-state index contributed by atoms with van der Waals surface area (Å²) in [6.07, 6.45) is -2.53. The van der Waals surface area contributed by atoms with Crippen LogP contribution in [0.15, 0.2) is 54.6 Å². The molecule has 224 valence electrons. The van der Waals surface area contributed by atoms with Gasteiger partial charge in [-0.15, -0.1) is 12.4 Å². The Balaban J connectivity index is 0.00000405. The number of alkyl halides is 4. The third-order valence-electron chi connectivity index (χ3n) is 7.89. The zero-order valence-electron chi connectivity index (χ0n) is 22.6. The molecular formula is C32H30Cl2F5NO2. The van der Waals surface area contributed by atoms with Crippen LogP contribution in [0, 0.1) is 11.7 Å². The molecule has 0 saturated carbocycles. The molecule has 0 unspecified atom stereocenters. The highest BCUT2D eigenvalue weighted by Gasteiger charge is 2.38. The number of aromatic carboxylic acids is 1. The normalized spacial score (nSPS) is 16.0. The van der Waals surface area contributed by atoms with E-state index < -0.39 is 28.5 Å². The van der Waals surface area contributed by atoms with E-state index in [2.05, 4.69) is 4.90 Å². The molecule has 5 rings (SSSR count). The van der Waals surface area contributed by atoms with Gasteiger partial charge < -0.3 is 10.0 Å². The zero-order chi connectivity index (χ0) is 29.3. The highest BCUT2D eigenvalue weighted by molar-refractivity contribution is 6.31. The molecule has 0 amide bonds. The Labute approximate surface area is 252 Å². The summed E-state index contributed by atoms with van der Waals surface area (Å²) < 4.78 is 71.2. The fourth-order valence-electron chi connectivity index (χ4n) is 6.05. The first kappa shape index (κ1) is 32.0. The van der Waals surface area contributed by atoms with Crippen molar-refractivity contribution < 1.29 is 31.9 Å². The molecule has 0 radical (unpaired) electrons. The molecule has 1 aliphatic heterocycles. The maximum absolute atomic E-state index is 16.0. The van der Waals surface area contributed by atoms with Crippen LogP contribution in [0.1, 0.15) is 63.0 Å². The van der Waals surface area contributed by atoms with Crippen LogP contribution in [0.4, 0.5) is 22.0 Å². The van der Waals surface area contributed by atoms with Crippen molar-refractivity contribution in [3.63, 3.8) is 0 Å². The van der Waals surface area contributed by atoms with Gasteiger partial charge in [-0.3, -0.25) is 4.39 Å². The van der Waals surface area contributed by atoms with Crippen LogP contribution in [0.25, 0.3) is 11.1 Å². The number of fused-ring (bicyclic) bond motifs is 1. The van der Waals surface area contributed by atoms with Gasteiger partial charge in [0.25, 0.3) is 0 Å². The average Bonchev–Trinajstić information content (AvgIpc) is 3.08. The van der Waals surface area contributed by atoms with Crippen LogP contribution in [0.3, 0.4) is 0 Å². The molecule has 3 nitrogen and oxygen atoms in total. The second-order valence-corrected chi connectivity index (χ2v) is 11.1. The number of rotatable bonds is 8. The minimum Gasteiger partial charge on any atom is -0.478 e. The molecule has 1 fully saturated rings. The fourth-order valence-corrected chi connectivity index (χ4v) is 6.34. The number of benzene rings is 3. The predicted molar refractivity (Wildman–Crippen MR) is 157 cm³/mol. The number of carboxylic acids is 1. The Morgan fingerprint density at radius 3 is 2.40 bits per heavy atom. The van der Waals surface area contributed by atoms with Crippen molar-refractivity contribution in [2.24, 2.45) is 5.92 Å². The van der Waals surface area contributed by atoms with Crippen LogP contribution in [0.2, 0.25) is 5.02 Å². The lowest BCUT2D eigenvalue weighted by Gasteiger charge is -2.39. The Kier molecular flexibility index (Phi) is 10.0.